The number of carbonyl (C=O) groups excluding carboxylic acids is 3. The van der Waals surface area contributed by atoms with Gasteiger partial charge in [-0.25, -0.2) is 4.79 Å². The molecule has 45 heavy (non-hydrogen) atoms. The van der Waals surface area contributed by atoms with Crippen LogP contribution in [0.25, 0.3) is 11.1 Å². The van der Waals surface area contributed by atoms with Gasteiger partial charge in [-0.3, -0.25) is 14.4 Å². The Morgan fingerprint density at radius 2 is 1.67 bits per heavy atom. The summed E-state index contributed by atoms with van der Waals surface area (Å²) in [5.41, 5.74) is 2.78. The quantitative estimate of drug-likeness (QED) is 0.243. The molecule has 1 fully saturated rings. The maximum Gasteiger partial charge on any atom is 0.338 e. The summed E-state index contributed by atoms with van der Waals surface area (Å²) in [4.78, 5) is 53.9. The molecule has 230 valence electrons. The molecule has 1 spiro atoms. The number of anilines is 1. The Hall–Kier alpha value is -4.69. The van der Waals surface area contributed by atoms with Crippen molar-refractivity contribution < 1.29 is 19.1 Å². The van der Waals surface area contributed by atoms with Crippen LogP contribution in [0.5, 0.6) is 0 Å². The lowest BCUT2D eigenvalue weighted by molar-refractivity contribution is -0.119. The molecule has 9 heteroatoms. The van der Waals surface area contributed by atoms with Crippen molar-refractivity contribution in [2.24, 2.45) is 0 Å². The topological polar surface area (TPSA) is 106 Å². The highest BCUT2D eigenvalue weighted by atomic mass is 35.5. The summed E-state index contributed by atoms with van der Waals surface area (Å²) >= 11 is 6.38. The van der Waals surface area contributed by atoms with Crippen LogP contribution >= 0.6 is 11.6 Å². The molecule has 3 aromatic carbocycles. The first kappa shape index (κ1) is 30.3. The molecule has 6 rings (SSSR count). The molecule has 2 heterocycles. The Balaban J connectivity index is 1.38. The molecule has 1 atom stereocenters. The van der Waals surface area contributed by atoms with Gasteiger partial charge >= 0.3 is 5.97 Å². The molecule has 2 N–H and O–H groups in total. The minimum Gasteiger partial charge on any atom is -0.456 e. The largest absolute Gasteiger partial charge is 0.456 e. The van der Waals surface area contributed by atoms with Crippen LogP contribution in [0, 0.1) is 0 Å². The zero-order valence-electron chi connectivity index (χ0n) is 25.4. The van der Waals surface area contributed by atoms with E-state index in [0.717, 1.165) is 29.5 Å². The number of carbonyl (C=O) groups is 3. The van der Waals surface area contributed by atoms with E-state index in [2.05, 4.69) is 10.6 Å². The normalized spacial score (nSPS) is 15.5. The van der Waals surface area contributed by atoms with Gasteiger partial charge < -0.3 is 19.9 Å². The number of nitrogens with zero attached hydrogens (tertiary/aromatic N) is 1. The fraction of sp³-hybridized carbons (Fsp3) is 0.278. The zero-order valence-corrected chi connectivity index (χ0v) is 26.1. The van der Waals surface area contributed by atoms with Crippen molar-refractivity contribution in [3.05, 3.63) is 123 Å². The number of nitrogens with one attached hydrogen (secondary N) is 2. The molecule has 1 unspecified atom stereocenters. The Labute approximate surface area is 266 Å². The fourth-order valence-corrected chi connectivity index (χ4v) is 5.90. The van der Waals surface area contributed by atoms with Gasteiger partial charge in [-0.1, -0.05) is 48.0 Å². The van der Waals surface area contributed by atoms with E-state index >= 15 is 0 Å². The van der Waals surface area contributed by atoms with Crippen LogP contribution in [0.2, 0.25) is 5.02 Å². The van der Waals surface area contributed by atoms with E-state index in [-0.39, 0.29) is 17.9 Å². The van der Waals surface area contributed by atoms with Gasteiger partial charge in [-0.2, -0.15) is 0 Å². The van der Waals surface area contributed by atoms with Crippen molar-refractivity contribution >= 4 is 35.1 Å². The summed E-state index contributed by atoms with van der Waals surface area (Å²) < 4.78 is 6.77. The van der Waals surface area contributed by atoms with Crippen LogP contribution in [0.1, 0.15) is 71.5 Å². The standard InChI is InChI=1S/C36H34ClN3O5/c1-35(2,3)45-34(44)23-10-13-26(14-11-23)38-33(43)30(17-22-7-5-4-6-8-22)40-21-29-28(19-31(40)41)27-18-25(37)12-9-24(27)20-36(15-16-36)39-32(29)42/h4-14,18-19,21,30H,15-17,20H2,1-3H3,(H,38,43)(H,39,42). The average molecular weight is 624 g/mol. The predicted molar refractivity (Wildman–Crippen MR) is 174 cm³/mol. The summed E-state index contributed by atoms with van der Waals surface area (Å²) in [7, 11) is 0. The van der Waals surface area contributed by atoms with Gasteiger partial charge in [0, 0.05) is 40.5 Å². The molecular formula is C36H34ClN3O5. The molecule has 2 amide bonds. The Morgan fingerprint density at radius 3 is 2.33 bits per heavy atom. The molecular weight excluding hydrogens is 590 g/mol. The number of hydrogen-bond donors (Lipinski definition) is 2. The van der Waals surface area contributed by atoms with E-state index in [4.69, 9.17) is 16.3 Å². The molecule has 1 aliphatic carbocycles. The number of amides is 2. The smallest absolute Gasteiger partial charge is 0.338 e. The monoisotopic (exact) mass is 623 g/mol. The van der Waals surface area contributed by atoms with Crippen molar-refractivity contribution in [3.63, 3.8) is 0 Å². The molecule has 0 saturated heterocycles. The van der Waals surface area contributed by atoms with Crippen molar-refractivity contribution in [2.75, 3.05) is 5.32 Å². The second-order valence-electron chi connectivity index (χ2n) is 12.8. The number of fused-ring (bicyclic) bond motifs is 3. The van der Waals surface area contributed by atoms with Crippen LogP contribution in [-0.2, 0) is 22.4 Å². The number of rotatable bonds is 6. The van der Waals surface area contributed by atoms with Gasteiger partial charge in [0.2, 0.25) is 5.91 Å². The zero-order chi connectivity index (χ0) is 31.9. The summed E-state index contributed by atoms with van der Waals surface area (Å²) in [6.07, 6.45) is 4.08. The first-order chi connectivity index (χ1) is 21.4. The third kappa shape index (κ3) is 6.71. The third-order valence-electron chi connectivity index (χ3n) is 8.15. The number of hydrogen-bond acceptors (Lipinski definition) is 5. The van der Waals surface area contributed by atoms with Gasteiger partial charge in [-0.15, -0.1) is 0 Å². The van der Waals surface area contributed by atoms with Crippen molar-refractivity contribution in [1.82, 2.24) is 9.88 Å². The van der Waals surface area contributed by atoms with Crippen molar-refractivity contribution in [3.8, 4) is 11.1 Å². The molecule has 0 radical (unpaired) electrons. The number of esters is 1. The Kier molecular flexibility index (Phi) is 7.87. The summed E-state index contributed by atoms with van der Waals surface area (Å²) in [6.45, 7) is 5.37. The molecule has 8 nitrogen and oxygen atoms in total. The van der Waals surface area contributed by atoms with E-state index < -0.39 is 29.1 Å². The highest BCUT2D eigenvalue weighted by Crippen LogP contribution is 2.43. The lowest BCUT2D eigenvalue weighted by Crippen LogP contribution is -2.41. The number of pyridine rings is 1. The SMILES string of the molecule is CC(C)(C)OC(=O)c1ccc(NC(=O)C(Cc2ccccc2)n2cc3c(cc2=O)-c2cc(Cl)ccc2CC2(CC2)NC3=O)cc1. The third-order valence-corrected chi connectivity index (χ3v) is 8.38. The van der Waals surface area contributed by atoms with Crippen LogP contribution in [0.15, 0.2) is 89.9 Å². The van der Waals surface area contributed by atoms with Crippen LogP contribution in [0.3, 0.4) is 0 Å². The van der Waals surface area contributed by atoms with Crippen molar-refractivity contribution in [1.29, 1.82) is 0 Å². The van der Waals surface area contributed by atoms with E-state index in [1.807, 2.05) is 42.5 Å². The Morgan fingerprint density at radius 1 is 0.956 bits per heavy atom. The highest BCUT2D eigenvalue weighted by molar-refractivity contribution is 6.31. The first-order valence-electron chi connectivity index (χ1n) is 15.0. The van der Waals surface area contributed by atoms with Gasteiger partial charge in [0.05, 0.1) is 11.1 Å². The molecule has 1 saturated carbocycles. The number of aromatic nitrogens is 1. The van der Waals surface area contributed by atoms with Crippen LogP contribution in [0.4, 0.5) is 5.69 Å². The van der Waals surface area contributed by atoms with Gasteiger partial charge in [0.1, 0.15) is 11.6 Å². The maximum absolute atomic E-state index is 13.9. The molecule has 1 aromatic heterocycles. The first-order valence-corrected chi connectivity index (χ1v) is 15.3. The lowest BCUT2D eigenvalue weighted by atomic mass is 9.89. The predicted octanol–water partition coefficient (Wildman–Crippen LogP) is 6.37. The van der Waals surface area contributed by atoms with E-state index in [0.29, 0.717) is 33.8 Å². The van der Waals surface area contributed by atoms with Crippen LogP contribution < -0.4 is 16.2 Å². The fourth-order valence-electron chi connectivity index (χ4n) is 5.73. The Bertz CT molecular complexity index is 1850. The molecule has 0 bridgehead atoms. The van der Waals surface area contributed by atoms with E-state index in [9.17, 15) is 19.2 Å². The lowest BCUT2D eigenvalue weighted by Gasteiger charge is -2.26. The minimum absolute atomic E-state index is 0.204. The number of benzene rings is 3. The second-order valence-corrected chi connectivity index (χ2v) is 13.3. The highest BCUT2D eigenvalue weighted by Gasteiger charge is 2.46. The molecule has 2 aliphatic rings. The van der Waals surface area contributed by atoms with Gasteiger partial charge in [0.25, 0.3) is 11.5 Å². The maximum atomic E-state index is 13.9. The van der Waals surface area contributed by atoms with Gasteiger partial charge in [-0.05, 0) is 93.1 Å². The number of ether oxygens (including phenoxy) is 1. The van der Waals surface area contributed by atoms with Crippen molar-refractivity contribution in [2.45, 2.75) is 63.6 Å². The van der Waals surface area contributed by atoms with E-state index in [1.54, 1.807) is 51.1 Å². The molecule has 4 aromatic rings. The average Bonchev–Trinajstić information content (AvgIpc) is 3.75. The minimum atomic E-state index is -0.984. The summed E-state index contributed by atoms with van der Waals surface area (Å²) in [6, 6.07) is 21.8. The van der Waals surface area contributed by atoms with Gasteiger partial charge in [0.15, 0.2) is 0 Å². The summed E-state index contributed by atoms with van der Waals surface area (Å²) in [5, 5.41) is 6.59. The number of halogens is 1. The molecule has 1 aliphatic heterocycles. The van der Waals surface area contributed by atoms with Crippen LogP contribution in [-0.4, -0.2) is 33.5 Å². The van der Waals surface area contributed by atoms with E-state index in [1.165, 1.54) is 16.8 Å². The second kappa shape index (κ2) is 11.7. The summed E-state index contributed by atoms with van der Waals surface area (Å²) in [5.74, 6) is -1.21.